The molecule has 7 heteroatoms. The maximum Gasteiger partial charge on any atom is 0.164 e. The van der Waals surface area contributed by atoms with Crippen molar-refractivity contribution in [3.63, 3.8) is 0 Å². The Labute approximate surface area is 576 Å². The first-order valence-corrected chi connectivity index (χ1v) is 34.1. The van der Waals surface area contributed by atoms with Gasteiger partial charge in [-0.1, -0.05) is 218 Å². The molecule has 0 unspecified atom stereocenters. The molecule has 100 heavy (non-hydrogen) atoms. The van der Waals surface area contributed by atoms with Crippen LogP contribution in [0.4, 0.5) is 0 Å². The molecule has 0 atom stereocenters. The molecule has 0 saturated carbocycles. The van der Waals surface area contributed by atoms with Crippen LogP contribution >= 0.6 is 0 Å². The molecule has 5 heterocycles. The minimum Gasteiger partial charge on any atom is -0.309 e. The number of nitrogens with zero attached hydrogens (tertiary/aromatic N) is 7. The first-order chi connectivity index (χ1) is 49.6. The summed E-state index contributed by atoms with van der Waals surface area (Å²) in [5.41, 5.74) is 25.4. The Hall–Kier alpha value is -13.5. The van der Waals surface area contributed by atoms with E-state index in [-0.39, 0.29) is 0 Å². The van der Waals surface area contributed by atoms with E-state index in [1.807, 2.05) is 0 Å². The van der Waals surface area contributed by atoms with E-state index < -0.39 is 0 Å². The van der Waals surface area contributed by atoms with Gasteiger partial charge in [0.1, 0.15) is 0 Å². The summed E-state index contributed by atoms with van der Waals surface area (Å²) in [6.45, 7) is 0. The maximum atomic E-state index is 5.43. The second-order valence-corrected chi connectivity index (χ2v) is 25.9. The molecule has 0 amide bonds. The SMILES string of the molecule is c1ccc(-c2ccccc2-c2cccc(-c3nc(-c4ccc(-n5c6ccccc6c6cc(-c7ccc8c(c7)c7ccccc7n8-c7ccccc7)ccc65)cc4)nc(-c4cccc(-n5c6ccccc6c6cc(-c7ccc8c(c7)c7ccccc7n8-c7ccccc7)ccc65)c4)n3)c2)cc1. The molecule has 0 spiro atoms. The molecule has 20 rings (SSSR count). The minimum atomic E-state index is 0.576. The van der Waals surface area contributed by atoms with Gasteiger partial charge in [-0.25, -0.2) is 15.0 Å². The third-order valence-corrected chi connectivity index (χ3v) is 20.2. The van der Waals surface area contributed by atoms with Gasteiger partial charge in [-0.2, -0.15) is 0 Å². The standard InChI is InChI=1S/C93H59N7/c1-4-22-60(23-5-1)73-32-10-11-33-74(73)66-24-20-25-67(54-66)92-94-91(61-42-48-71(49-43-61)99-85-40-18-14-36-77(85)81-58-64(46-52-89(81)99)62-44-50-87-79(56-62)75-34-12-16-38-83(75)97(87)69-27-6-2-7-28-69)95-93(96-92)68-26-21-31-72(55-68)100-86-41-19-15-37-78(86)82-59-65(47-53-90(82)100)63-45-51-88-80(57-63)76-35-13-17-39-84(76)98(88)70-29-8-3-9-30-70/h1-59H. The van der Waals surface area contributed by atoms with Crippen LogP contribution in [0.2, 0.25) is 0 Å². The molecular weight excluding hydrogens is 1220 g/mol. The largest absolute Gasteiger partial charge is 0.309 e. The molecular formula is C93H59N7. The van der Waals surface area contributed by atoms with Crippen LogP contribution in [-0.2, 0) is 0 Å². The smallest absolute Gasteiger partial charge is 0.164 e. The zero-order chi connectivity index (χ0) is 65.8. The molecule has 0 aliphatic heterocycles. The minimum absolute atomic E-state index is 0.576. The first-order valence-electron chi connectivity index (χ1n) is 34.1. The Morgan fingerprint density at radius 3 is 0.860 bits per heavy atom. The monoisotopic (exact) mass is 1270 g/mol. The lowest BCUT2D eigenvalue weighted by molar-refractivity contribution is 1.07. The van der Waals surface area contributed by atoms with E-state index in [4.69, 9.17) is 15.0 Å². The topological polar surface area (TPSA) is 58.4 Å². The average molecular weight is 1270 g/mol. The van der Waals surface area contributed by atoms with Gasteiger partial charge < -0.3 is 18.3 Å². The molecule has 15 aromatic carbocycles. The van der Waals surface area contributed by atoms with Gasteiger partial charge in [0.15, 0.2) is 17.5 Å². The summed E-state index contributed by atoms with van der Waals surface area (Å²) in [4.78, 5) is 16.2. The summed E-state index contributed by atoms with van der Waals surface area (Å²) in [6.07, 6.45) is 0. The van der Waals surface area contributed by atoms with Crippen LogP contribution < -0.4 is 0 Å². The number of hydrogen-bond acceptors (Lipinski definition) is 3. The summed E-state index contributed by atoms with van der Waals surface area (Å²) in [7, 11) is 0. The Balaban J connectivity index is 0.691. The van der Waals surface area contributed by atoms with E-state index in [1.54, 1.807) is 0 Å². The second kappa shape index (κ2) is 23.1. The van der Waals surface area contributed by atoms with Gasteiger partial charge in [0.2, 0.25) is 0 Å². The molecule has 7 nitrogen and oxygen atoms in total. The van der Waals surface area contributed by atoms with Crippen molar-refractivity contribution in [1.29, 1.82) is 0 Å². The van der Waals surface area contributed by atoms with E-state index >= 15 is 0 Å². The highest BCUT2D eigenvalue weighted by atomic mass is 15.0. The van der Waals surface area contributed by atoms with Crippen LogP contribution in [0.15, 0.2) is 358 Å². The fourth-order valence-corrected chi connectivity index (χ4v) is 15.6. The molecule has 5 aromatic heterocycles. The van der Waals surface area contributed by atoms with Crippen LogP contribution in [-0.4, -0.2) is 33.2 Å². The van der Waals surface area contributed by atoms with Crippen molar-refractivity contribution in [2.75, 3.05) is 0 Å². The van der Waals surface area contributed by atoms with Crippen LogP contribution in [0, 0.1) is 0 Å². The van der Waals surface area contributed by atoms with Gasteiger partial charge in [0.05, 0.1) is 44.1 Å². The molecule has 0 radical (unpaired) electrons. The van der Waals surface area contributed by atoms with Crippen molar-refractivity contribution in [2.45, 2.75) is 0 Å². The van der Waals surface area contributed by atoms with Crippen LogP contribution in [0.1, 0.15) is 0 Å². The predicted molar refractivity (Wildman–Crippen MR) is 415 cm³/mol. The summed E-state index contributed by atoms with van der Waals surface area (Å²) in [5.74, 6) is 1.74. The van der Waals surface area contributed by atoms with Gasteiger partial charge in [-0.3, -0.25) is 0 Å². The van der Waals surface area contributed by atoms with Gasteiger partial charge in [-0.05, 0) is 184 Å². The van der Waals surface area contributed by atoms with Gasteiger partial charge in [0.25, 0.3) is 0 Å². The highest BCUT2D eigenvalue weighted by Gasteiger charge is 2.22. The molecule has 0 N–H and O–H groups in total. The summed E-state index contributed by atoms with van der Waals surface area (Å²) in [5, 5.41) is 9.66. The number of aromatic nitrogens is 7. The fraction of sp³-hybridized carbons (Fsp3) is 0. The van der Waals surface area contributed by atoms with E-state index in [1.165, 1.54) is 81.8 Å². The summed E-state index contributed by atoms with van der Waals surface area (Å²) >= 11 is 0. The fourth-order valence-electron chi connectivity index (χ4n) is 15.6. The van der Waals surface area contributed by atoms with Crippen molar-refractivity contribution in [1.82, 2.24) is 33.2 Å². The molecule has 0 saturated heterocycles. The Bertz CT molecular complexity index is 6630. The Kier molecular flexibility index (Phi) is 13.1. The summed E-state index contributed by atoms with van der Waals surface area (Å²) in [6, 6.07) is 129. The van der Waals surface area contributed by atoms with Crippen molar-refractivity contribution >= 4 is 87.2 Å². The normalized spacial score (nSPS) is 11.8. The Morgan fingerprint density at radius 1 is 0.150 bits per heavy atom. The van der Waals surface area contributed by atoms with Crippen molar-refractivity contribution in [3.8, 4) is 101 Å². The van der Waals surface area contributed by atoms with E-state index in [2.05, 4.69) is 376 Å². The second-order valence-electron chi connectivity index (χ2n) is 25.9. The third-order valence-electron chi connectivity index (χ3n) is 20.2. The maximum absolute atomic E-state index is 5.43. The Morgan fingerprint density at radius 2 is 0.430 bits per heavy atom. The quantitative estimate of drug-likeness (QED) is 0.130. The summed E-state index contributed by atoms with van der Waals surface area (Å²) < 4.78 is 9.50. The first kappa shape index (κ1) is 56.8. The van der Waals surface area contributed by atoms with Crippen LogP contribution in [0.25, 0.3) is 189 Å². The van der Waals surface area contributed by atoms with Crippen molar-refractivity contribution < 1.29 is 0 Å². The van der Waals surface area contributed by atoms with E-state index in [0.717, 1.165) is 89.3 Å². The van der Waals surface area contributed by atoms with Crippen molar-refractivity contribution in [3.05, 3.63) is 358 Å². The molecule has 0 bridgehead atoms. The van der Waals surface area contributed by atoms with Crippen LogP contribution in [0.5, 0.6) is 0 Å². The third kappa shape index (κ3) is 9.32. The number of hydrogen-bond donors (Lipinski definition) is 0. The molecule has 466 valence electrons. The predicted octanol–water partition coefficient (Wildman–Crippen LogP) is 23.9. The number of para-hydroxylation sites is 6. The van der Waals surface area contributed by atoms with Crippen LogP contribution in [0.3, 0.4) is 0 Å². The lowest BCUT2D eigenvalue weighted by atomic mass is 9.94. The van der Waals surface area contributed by atoms with E-state index in [0.29, 0.717) is 17.5 Å². The molecule has 0 aliphatic rings. The van der Waals surface area contributed by atoms with Crippen molar-refractivity contribution in [2.24, 2.45) is 0 Å². The molecule has 0 fully saturated rings. The van der Waals surface area contributed by atoms with Gasteiger partial charge in [0, 0.05) is 82.5 Å². The molecule has 0 aliphatic carbocycles. The highest BCUT2D eigenvalue weighted by molar-refractivity contribution is 6.15. The highest BCUT2D eigenvalue weighted by Crippen LogP contribution is 2.43. The average Bonchev–Trinajstić information content (AvgIpc) is 1.59. The number of benzene rings is 15. The van der Waals surface area contributed by atoms with Gasteiger partial charge in [-0.15, -0.1) is 0 Å². The van der Waals surface area contributed by atoms with E-state index in [9.17, 15) is 0 Å². The zero-order valence-corrected chi connectivity index (χ0v) is 54.2. The number of rotatable bonds is 11. The zero-order valence-electron chi connectivity index (χ0n) is 54.2. The lowest BCUT2D eigenvalue weighted by Gasteiger charge is -2.13. The lowest BCUT2D eigenvalue weighted by Crippen LogP contribution is -2.01. The van der Waals surface area contributed by atoms with Gasteiger partial charge >= 0.3 is 0 Å². The number of fused-ring (bicyclic) bond motifs is 12. The molecule has 20 aromatic rings.